The van der Waals surface area contributed by atoms with E-state index in [-0.39, 0.29) is 72.3 Å². The molecule has 60 heavy (non-hydrogen) atoms. The van der Waals surface area contributed by atoms with E-state index in [1.54, 1.807) is 24.3 Å². The Kier molecular flexibility index (Phi) is 13.3. The molecule has 0 bridgehead atoms. The minimum Gasteiger partial charge on any atom is -0.508 e. The van der Waals surface area contributed by atoms with Gasteiger partial charge < -0.3 is 64.3 Å². The van der Waals surface area contributed by atoms with E-state index in [4.69, 9.17) is 35.3 Å². The van der Waals surface area contributed by atoms with E-state index in [1.807, 2.05) is 17.0 Å². The molecular formula is C42H40Cl2N2O14. The molecule has 1 saturated heterocycles. The number of amides is 1. The summed E-state index contributed by atoms with van der Waals surface area (Å²) in [5.41, 5.74) is 1.51. The van der Waals surface area contributed by atoms with Crippen molar-refractivity contribution < 1.29 is 69.0 Å². The van der Waals surface area contributed by atoms with Crippen LogP contribution in [0.4, 0.5) is 0 Å². The van der Waals surface area contributed by atoms with Gasteiger partial charge >= 0.3 is 5.97 Å². The fraction of sp³-hybridized carbons (Fsp3) is 0.238. The van der Waals surface area contributed by atoms with Gasteiger partial charge in [0.2, 0.25) is 6.79 Å². The fourth-order valence-corrected chi connectivity index (χ4v) is 6.82. The maximum atomic E-state index is 12.7. The van der Waals surface area contributed by atoms with Gasteiger partial charge in [0.05, 0.1) is 5.56 Å². The number of phenolic OH excluding ortho intramolecular Hbond substituents is 7. The van der Waals surface area contributed by atoms with Gasteiger partial charge in [-0.05, 0) is 66.2 Å². The summed E-state index contributed by atoms with van der Waals surface area (Å²) in [7, 11) is 0. The van der Waals surface area contributed by atoms with Gasteiger partial charge in [-0.1, -0.05) is 23.7 Å². The standard InChI is InChI=1S/C22H18O10.C20H21ClN2O4.ClH/c23-11-6-14(25)12-8-19(32-22(30)10-4-16(27)20(29)17(28)5-10)21(31-18(12)7-11)9-1-2-13(24)15(26)3-9;21-16-2-4-17(5-3-16)25-13-20(24)23-9-7-22(8-10-23)12-15-1-6-18-19(11-15)27-14-26-18;/h1-7,19,21,23-29H,8H2;1-6,11H,7-10,12-14H2;1H. The van der Waals surface area contributed by atoms with E-state index in [0.29, 0.717) is 29.4 Å². The molecule has 0 radical (unpaired) electrons. The SMILES string of the molecule is Cl.O=C(COc1ccc(Cl)cc1)N1CCN(Cc2ccc3c(c2)OCO3)CC1.O=C(OC1Cc2c(O)cc(O)cc2OC1c1ccc(O)c(O)c1)c1cc(O)c(O)c(O)c1. The summed E-state index contributed by atoms with van der Waals surface area (Å²) in [4.78, 5) is 29.2. The highest BCUT2D eigenvalue weighted by Crippen LogP contribution is 2.44. The molecule has 5 aromatic rings. The van der Waals surface area contributed by atoms with Crippen molar-refractivity contribution in [1.82, 2.24) is 9.80 Å². The van der Waals surface area contributed by atoms with Crippen LogP contribution in [-0.2, 0) is 22.5 Å². The van der Waals surface area contributed by atoms with Crippen LogP contribution in [0.25, 0.3) is 0 Å². The van der Waals surface area contributed by atoms with Gasteiger partial charge in [0, 0.05) is 67.4 Å². The Morgan fingerprint density at radius 3 is 2.12 bits per heavy atom. The van der Waals surface area contributed by atoms with Crippen LogP contribution in [0, 0.1) is 0 Å². The van der Waals surface area contributed by atoms with Gasteiger partial charge in [0.15, 0.2) is 53.0 Å². The maximum Gasteiger partial charge on any atom is 0.338 e. The number of ether oxygens (including phenoxy) is 5. The largest absolute Gasteiger partial charge is 0.508 e. The molecule has 2 atom stereocenters. The Balaban J connectivity index is 0.000000200. The number of phenols is 7. The first-order chi connectivity index (χ1) is 28.3. The predicted octanol–water partition coefficient (Wildman–Crippen LogP) is 5.74. The number of carbonyl (C=O) groups is 2. The lowest BCUT2D eigenvalue weighted by Gasteiger charge is -2.34. The summed E-state index contributed by atoms with van der Waals surface area (Å²) in [6.07, 6.45) is -2.12. The predicted molar refractivity (Wildman–Crippen MR) is 216 cm³/mol. The number of esters is 1. The Morgan fingerprint density at radius 1 is 0.717 bits per heavy atom. The zero-order valence-corrected chi connectivity index (χ0v) is 33.1. The van der Waals surface area contributed by atoms with Crippen molar-refractivity contribution in [2.75, 3.05) is 39.6 Å². The number of piperazine rings is 1. The molecule has 18 heteroatoms. The van der Waals surface area contributed by atoms with Crippen LogP contribution in [0.3, 0.4) is 0 Å². The quantitative estimate of drug-likeness (QED) is 0.0729. The molecule has 0 saturated carbocycles. The second-order valence-electron chi connectivity index (χ2n) is 13.8. The van der Waals surface area contributed by atoms with E-state index < -0.39 is 41.2 Å². The highest BCUT2D eigenvalue weighted by molar-refractivity contribution is 6.30. The lowest BCUT2D eigenvalue weighted by molar-refractivity contribution is -0.135. The van der Waals surface area contributed by atoms with E-state index >= 15 is 0 Å². The number of hydrogen-bond donors (Lipinski definition) is 7. The monoisotopic (exact) mass is 866 g/mol. The van der Waals surface area contributed by atoms with Gasteiger partial charge in [-0.15, -0.1) is 12.4 Å². The number of fused-ring (bicyclic) bond motifs is 2. The van der Waals surface area contributed by atoms with E-state index in [1.165, 1.54) is 29.8 Å². The Labute approximate surface area is 353 Å². The molecule has 5 aromatic carbocycles. The second-order valence-corrected chi connectivity index (χ2v) is 14.3. The van der Waals surface area contributed by atoms with Crippen LogP contribution in [0.5, 0.6) is 63.2 Å². The lowest BCUT2D eigenvalue weighted by Crippen LogP contribution is -2.49. The molecule has 7 N–H and O–H groups in total. The van der Waals surface area contributed by atoms with Crippen LogP contribution in [0.2, 0.25) is 5.02 Å². The number of halogens is 2. The van der Waals surface area contributed by atoms with Crippen molar-refractivity contribution in [3.05, 3.63) is 112 Å². The highest BCUT2D eigenvalue weighted by atomic mass is 35.5. The average Bonchev–Trinajstić information content (AvgIpc) is 3.69. The third-order valence-corrected chi connectivity index (χ3v) is 10.1. The van der Waals surface area contributed by atoms with Crippen molar-refractivity contribution in [2.45, 2.75) is 25.2 Å². The molecule has 0 spiro atoms. The summed E-state index contributed by atoms with van der Waals surface area (Å²) in [5, 5.41) is 68.9. The molecule has 3 heterocycles. The van der Waals surface area contributed by atoms with E-state index in [2.05, 4.69) is 11.0 Å². The Morgan fingerprint density at radius 2 is 1.42 bits per heavy atom. The zero-order valence-electron chi connectivity index (χ0n) is 31.6. The Bertz CT molecular complexity index is 2330. The molecule has 1 fully saturated rings. The minimum absolute atomic E-state index is 0. The molecule has 2 unspecified atom stereocenters. The smallest absolute Gasteiger partial charge is 0.338 e. The number of hydrogen-bond acceptors (Lipinski definition) is 15. The first-order valence-electron chi connectivity index (χ1n) is 18.3. The third-order valence-electron chi connectivity index (χ3n) is 9.80. The van der Waals surface area contributed by atoms with Gasteiger partial charge in [0.25, 0.3) is 5.91 Å². The summed E-state index contributed by atoms with van der Waals surface area (Å²) < 4.78 is 27.7. The van der Waals surface area contributed by atoms with Crippen LogP contribution in [0.1, 0.15) is 33.2 Å². The molecule has 0 aromatic heterocycles. The molecule has 0 aliphatic carbocycles. The van der Waals surface area contributed by atoms with E-state index in [0.717, 1.165) is 49.3 Å². The molecule has 316 valence electrons. The molecule has 16 nitrogen and oxygen atoms in total. The lowest BCUT2D eigenvalue weighted by atomic mass is 9.93. The summed E-state index contributed by atoms with van der Waals surface area (Å²) >= 11 is 5.85. The highest BCUT2D eigenvalue weighted by Gasteiger charge is 2.37. The molecule has 3 aliphatic heterocycles. The van der Waals surface area contributed by atoms with Crippen LogP contribution in [0.15, 0.2) is 84.9 Å². The van der Waals surface area contributed by atoms with E-state index in [9.17, 15) is 45.3 Å². The number of aromatic hydroxyl groups is 7. The normalized spacial score (nSPS) is 16.6. The maximum absolute atomic E-state index is 12.7. The number of rotatable bonds is 8. The molecule has 1 amide bonds. The first-order valence-corrected chi connectivity index (χ1v) is 18.7. The Hall–Kier alpha value is -6.62. The third kappa shape index (κ3) is 9.97. The van der Waals surface area contributed by atoms with Crippen molar-refractivity contribution >= 4 is 35.9 Å². The van der Waals surface area contributed by atoms with Crippen LogP contribution < -0.4 is 18.9 Å². The fourth-order valence-electron chi connectivity index (χ4n) is 6.70. The van der Waals surface area contributed by atoms with Gasteiger partial charge in [-0.25, -0.2) is 4.79 Å². The van der Waals surface area contributed by atoms with Crippen molar-refractivity contribution in [2.24, 2.45) is 0 Å². The van der Waals surface area contributed by atoms with Crippen molar-refractivity contribution in [3.63, 3.8) is 0 Å². The van der Waals surface area contributed by atoms with Crippen LogP contribution in [-0.4, -0.2) is 103 Å². The zero-order chi connectivity index (χ0) is 41.8. The van der Waals surface area contributed by atoms with Crippen LogP contribution >= 0.6 is 24.0 Å². The molecule has 3 aliphatic rings. The molecule has 8 rings (SSSR count). The summed E-state index contributed by atoms with van der Waals surface area (Å²) in [6.45, 7) is 4.24. The molecular weight excluding hydrogens is 827 g/mol. The number of carbonyl (C=O) groups excluding carboxylic acids is 2. The van der Waals surface area contributed by atoms with Crippen molar-refractivity contribution in [1.29, 1.82) is 0 Å². The topological polar surface area (TPSA) is 228 Å². The second kappa shape index (κ2) is 18.5. The number of nitrogens with zero attached hydrogens (tertiary/aromatic N) is 2. The van der Waals surface area contributed by atoms with Gasteiger partial charge in [-0.2, -0.15) is 0 Å². The summed E-state index contributed by atoms with van der Waals surface area (Å²) in [6, 6.07) is 21.1. The average molecular weight is 868 g/mol. The first kappa shape index (κ1) is 43.0. The van der Waals surface area contributed by atoms with Gasteiger partial charge in [-0.3, -0.25) is 9.69 Å². The summed E-state index contributed by atoms with van der Waals surface area (Å²) in [5.74, 6) is -2.17. The van der Waals surface area contributed by atoms with Crippen molar-refractivity contribution in [3.8, 4) is 63.2 Å². The number of benzene rings is 5. The minimum atomic E-state index is -1.06. The van der Waals surface area contributed by atoms with Gasteiger partial charge in [0.1, 0.15) is 29.1 Å².